The molecule has 0 unspecified atom stereocenters. The van der Waals surface area contributed by atoms with Crippen LogP contribution in [0.15, 0.2) is 23.1 Å². The van der Waals surface area contributed by atoms with Gasteiger partial charge < -0.3 is 14.0 Å². The molecule has 0 aliphatic heterocycles. The number of methoxy groups -OCH3 is 2. The van der Waals surface area contributed by atoms with Gasteiger partial charge in [0.1, 0.15) is 21.8 Å². The molecule has 5 heteroatoms. The molecule has 18 heavy (non-hydrogen) atoms. The van der Waals surface area contributed by atoms with Crippen LogP contribution in [0.4, 0.5) is 0 Å². The number of aromatic nitrogens is 2. The molecule has 0 spiro atoms. The Labute approximate surface area is 115 Å². The SMILES string of the molecule is COc1ccc(-c2ncn(C)c2Br)c(OC)c1C. The minimum Gasteiger partial charge on any atom is -0.496 e. The maximum atomic E-state index is 5.49. The van der Waals surface area contributed by atoms with E-state index in [-0.39, 0.29) is 0 Å². The molecule has 2 rings (SSSR count). The van der Waals surface area contributed by atoms with Gasteiger partial charge in [-0.2, -0.15) is 0 Å². The van der Waals surface area contributed by atoms with Crippen LogP contribution in [0, 0.1) is 6.92 Å². The van der Waals surface area contributed by atoms with Gasteiger partial charge in [0.15, 0.2) is 0 Å². The second-order valence-electron chi connectivity index (χ2n) is 3.97. The molecular formula is C13H15BrN2O2. The Morgan fingerprint density at radius 3 is 2.44 bits per heavy atom. The lowest BCUT2D eigenvalue weighted by Gasteiger charge is -2.13. The van der Waals surface area contributed by atoms with Gasteiger partial charge in [0.25, 0.3) is 0 Å². The van der Waals surface area contributed by atoms with Gasteiger partial charge in [0.2, 0.25) is 0 Å². The van der Waals surface area contributed by atoms with Crippen molar-refractivity contribution in [2.45, 2.75) is 6.92 Å². The predicted octanol–water partition coefficient (Wildman–Crippen LogP) is 3.18. The highest BCUT2D eigenvalue weighted by atomic mass is 79.9. The van der Waals surface area contributed by atoms with Crippen molar-refractivity contribution in [2.24, 2.45) is 7.05 Å². The number of halogens is 1. The quantitative estimate of drug-likeness (QED) is 0.873. The van der Waals surface area contributed by atoms with Crippen LogP contribution in [0.5, 0.6) is 11.5 Å². The van der Waals surface area contributed by atoms with E-state index in [1.807, 2.05) is 30.7 Å². The van der Waals surface area contributed by atoms with Gasteiger partial charge in [0, 0.05) is 18.2 Å². The maximum Gasteiger partial charge on any atom is 0.134 e. The summed E-state index contributed by atoms with van der Waals surface area (Å²) in [5, 5.41) is 0. The lowest BCUT2D eigenvalue weighted by atomic mass is 10.1. The number of imidazole rings is 1. The summed E-state index contributed by atoms with van der Waals surface area (Å²) in [5.74, 6) is 1.59. The first-order valence-corrected chi connectivity index (χ1v) is 6.28. The van der Waals surface area contributed by atoms with Gasteiger partial charge >= 0.3 is 0 Å². The average Bonchev–Trinajstić information content (AvgIpc) is 2.69. The molecule has 96 valence electrons. The van der Waals surface area contributed by atoms with Crippen molar-refractivity contribution in [3.8, 4) is 22.8 Å². The summed E-state index contributed by atoms with van der Waals surface area (Å²) in [6.07, 6.45) is 1.76. The number of nitrogens with zero attached hydrogens (tertiary/aromatic N) is 2. The van der Waals surface area contributed by atoms with E-state index in [0.29, 0.717) is 0 Å². The Hall–Kier alpha value is -1.49. The zero-order chi connectivity index (χ0) is 13.3. The van der Waals surface area contributed by atoms with E-state index < -0.39 is 0 Å². The van der Waals surface area contributed by atoms with Crippen molar-refractivity contribution in [2.75, 3.05) is 14.2 Å². The Bertz CT molecular complexity index is 579. The highest BCUT2D eigenvalue weighted by Gasteiger charge is 2.17. The smallest absolute Gasteiger partial charge is 0.134 e. The van der Waals surface area contributed by atoms with E-state index in [0.717, 1.165) is 32.9 Å². The van der Waals surface area contributed by atoms with E-state index in [1.165, 1.54) is 0 Å². The summed E-state index contributed by atoms with van der Waals surface area (Å²) < 4.78 is 13.6. The zero-order valence-corrected chi connectivity index (χ0v) is 12.4. The number of hydrogen-bond donors (Lipinski definition) is 0. The number of benzene rings is 1. The maximum absolute atomic E-state index is 5.49. The average molecular weight is 311 g/mol. The summed E-state index contributed by atoms with van der Waals surface area (Å²) in [7, 11) is 5.24. The van der Waals surface area contributed by atoms with Crippen molar-refractivity contribution in [3.63, 3.8) is 0 Å². The van der Waals surface area contributed by atoms with Crippen molar-refractivity contribution >= 4 is 15.9 Å². The van der Waals surface area contributed by atoms with Gasteiger partial charge in [-0.25, -0.2) is 4.98 Å². The Morgan fingerprint density at radius 1 is 1.22 bits per heavy atom. The van der Waals surface area contributed by atoms with E-state index >= 15 is 0 Å². The fourth-order valence-electron chi connectivity index (χ4n) is 1.94. The third kappa shape index (κ3) is 1.99. The van der Waals surface area contributed by atoms with Crippen LogP contribution in [0.1, 0.15) is 5.56 Å². The molecule has 0 bridgehead atoms. The summed E-state index contributed by atoms with van der Waals surface area (Å²) >= 11 is 3.52. The minimum absolute atomic E-state index is 0.786. The molecule has 0 N–H and O–H groups in total. The first-order valence-electron chi connectivity index (χ1n) is 5.49. The van der Waals surface area contributed by atoms with Crippen LogP contribution in [0.2, 0.25) is 0 Å². The molecule has 0 aliphatic rings. The van der Waals surface area contributed by atoms with Crippen LogP contribution in [-0.2, 0) is 7.05 Å². The first kappa shape index (κ1) is 13.0. The highest BCUT2D eigenvalue weighted by molar-refractivity contribution is 9.10. The topological polar surface area (TPSA) is 36.3 Å². The summed E-state index contributed by atoms with van der Waals surface area (Å²) in [6.45, 7) is 1.97. The normalized spacial score (nSPS) is 10.5. The minimum atomic E-state index is 0.786. The Balaban J connectivity index is 2.65. The monoisotopic (exact) mass is 310 g/mol. The van der Waals surface area contributed by atoms with Crippen molar-refractivity contribution in [1.82, 2.24) is 9.55 Å². The van der Waals surface area contributed by atoms with Crippen LogP contribution in [-0.4, -0.2) is 23.8 Å². The molecule has 0 saturated carbocycles. The third-order valence-electron chi connectivity index (χ3n) is 2.90. The molecule has 1 aromatic heterocycles. The molecule has 0 atom stereocenters. The first-order chi connectivity index (χ1) is 8.60. The molecule has 0 aliphatic carbocycles. The summed E-state index contributed by atoms with van der Waals surface area (Å²) in [6, 6.07) is 3.88. The van der Waals surface area contributed by atoms with E-state index in [2.05, 4.69) is 20.9 Å². The van der Waals surface area contributed by atoms with Crippen LogP contribution in [0.3, 0.4) is 0 Å². The summed E-state index contributed by atoms with van der Waals surface area (Å²) in [5.41, 5.74) is 2.78. The van der Waals surface area contributed by atoms with Gasteiger partial charge in [0.05, 0.1) is 20.5 Å². The standard InChI is InChI=1S/C13H15BrN2O2/c1-8-10(17-3)6-5-9(12(8)18-4)11-13(14)16(2)7-15-11/h5-7H,1-4H3. The van der Waals surface area contributed by atoms with Gasteiger partial charge in [-0.15, -0.1) is 0 Å². The predicted molar refractivity (Wildman–Crippen MR) is 74.2 cm³/mol. The fourth-order valence-corrected chi connectivity index (χ4v) is 2.35. The number of aryl methyl sites for hydroxylation is 1. The lowest BCUT2D eigenvalue weighted by molar-refractivity contribution is 0.390. The molecule has 1 heterocycles. The molecule has 2 aromatic rings. The highest BCUT2D eigenvalue weighted by Crippen LogP contribution is 2.39. The second-order valence-corrected chi connectivity index (χ2v) is 4.72. The fraction of sp³-hybridized carbons (Fsp3) is 0.308. The van der Waals surface area contributed by atoms with Crippen LogP contribution >= 0.6 is 15.9 Å². The van der Waals surface area contributed by atoms with Gasteiger partial charge in [-0.3, -0.25) is 0 Å². The molecular weight excluding hydrogens is 296 g/mol. The Morgan fingerprint density at radius 2 is 1.94 bits per heavy atom. The van der Waals surface area contributed by atoms with Crippen molar-refractivity contribution in [1.29, 1.82) is 0 Å². The molecule has 1 aromatic carbocycles. The van der Waals surface area contributed by atoms with Crippen molar-refractivity contribution in [3.05, 3.63) is 28.6 Å². The van der Waals surface area contributed by atoms with Gasteiger partial charge in [-0.05, 0) is 35.0 Å². The summed E-state index contributed by atoms with van der Waals surface area (Å²) in [4.78, 5) is 4.39. The largest absolute Gasteiger partial charge is 0.496 e. The van der Waals surface area contributed by atoms with Crippen LogP contribution in [0.25, 0.3) is 11.3 Å². The van der Waals surface area contributed by atoms with E-state index in [1.54, 1.807) is 20.5 Å². The van der Waals surface area contributed by atoms with Crippen LogP contribution < -0.4 is 9.47 Å². The number of hydrogen-bond acceptors (Lipinski definition) is 3. The molecule has 0 amide bonds. The number of ether oxygens (including phenoxy) is 2. The third-order valence-corrected chi connectivity index (χ3v) is 3.84. The lowest BCUT2D eigenvalue weighted by Crippen LogP contribution is -1.96. The molecule has 0 saturated heterocycles. The van der Waals surface area contributed by atoms with Gasteiger partial charge in [-0.1, -0.05) is 0 Å². The zero-order valence-electron chi connectivity index (χ0n) is 10.8. The van der Waals surface area contributed by atoms with Crippen molar-refractivity contribution < 1.29 is 9.47 Å². The molecule has 0 radical (unpaired) electrons. The van der Waals surface area contributed by atoms with E-state index in [9.17, 15) is 0 Å². The van der Waals surface area contributed by atoms with E-state index in [4.69, 9.17) is 9.47 Å². The molecule has 4 nitrogen and oxygen atoms in total. The number of rotatable bonds is 3. The molecule has 0 fully saturated rings. The Kier molecular flexibility index (Phi) is 3.61. The second kappa shape index (κ2) is 5.02.